The lowest BCUT2D eigenvalue weighted by Crippen LogP contribution is -2.35. The van der Waals surface area contributed by atoms with E-state index in [1.54, 1.807) is 43.1 Å². The molecule has 0 unspecified atom stereocenters. The van der Waals surface area contributed by atoms with Gasteiger partial charge in [0.15, 0.2) is 0 Å². The van der Waals surface area contributed by atoms with Crippen molar-refractivity contribution < 1.29 is 14.3 Å². The van der Waals surface area contributed by atoms with Gasteiger partial charge in [-0.05, 0) is 37.1 Å². The number of thioether (sulfide) groups is 1. The maximum Gasteiger partial charge on any atom is 0.325 e. The van der Waals surface area contributed by atoms with Gasteiger partial charge in [0.2, 0.25) is 5.91 Å². The molecular weight excluding hydrogens is 300 g/mol. The number of ether oxygens (including phenoxy) is 1. The number of methoxy groups -OCH3 is 1. The molecule has 1 aliphatic rings. The Kier molecular flexibility index (Phi) is 6.58. The number of benzene rings is 1. The molecule has 0 heterocycles. The molecule has 6 heteroatoms. The molecule has 0 atom stereocenters. The molecule has 1 aliphatic carbocycles. The van der Waals surface area contributed by atoms with Gasteiger partial charge in [-0.2, -0.15) is 0 Å². The molecule has 1 saturated carbocycles. The Hall–Kier alpha value is -1.69. The summed E-state index contributed by atoms with van der Waals surface area (Å²) in [5.74, 6) is 0.799. The third kappa shape index (κ3) is 5.60. The van der Waals surface area contributed by atoms with Gasteiger partial charge in [0.1, 0.15) is 5.75 Å². The van der Waals surface area contributed by atoms with Crippen molar-refractivity contribution in [3.63, 3.8) is 0 Å². The summed E-state index contributed by atoms with van der Waals surface area (Å²) >= 11 is 1.65. The molecule has 0 bridgehead atoms. The van der Waals surface area contributed by atoms with Crippen LogP contribution in [-0.2, 0) is 4.79 Å². The van der Waals surface area contributed by atoms with Crippen molar-refractivity contribution in [3.8, 4) is 5.75 Å². The fourth-order valence-electron chi connectivity index (χ4n) is 2.42. The van der Waals surface area contributed by atoms with Crippen LogP contribution in [0.1, 0.15) is 32.1 Å². The summed E-state index contributed by atoms with van der Waals surface area (Å²) in [5, 5.41) is 5.54. The van der Waals surface area contributed by atoms with Crippen LogP contribution in [0.4, 0.5) is 10.5 Å². The van der Waals surface area contributed by atoms with Crippen molar-refractivity contribution in [2.45, 2.75) is 37.4 Å². The van der Waals surface area contributed by atoms with E-state index in [1.807, 2.05) is 0 Å². The highest BCUT2D eigenvalue weighted by molar-refractivity contribution is 8.00. The molecule has 0 aliphatic heterocycles. The Bertz CT molecular complexity index is 499. The highest BCUT2D eigenvalue weighted by atomic mass is 32.2. The first-order valence-corrected chi connectivity index (χ1v) is 8.59. The van der Waals surface area contributed by atoms with E-state index in [-0.39, 0.29) is 5.91 Å². The Balaban J connectivity index is 1.69. The maximum absolute atomic E-state index is 11.8. The summed E-state index contributed by atoms with van der Waals surface area (Å²) < 4.78 is 5.04. The van der Waals surface area contributed by atoms with Crippen LogP contribution in [-0.4, -0.2) is 30.1 Å². The quantitative estimate of drug-likeness (QED) is 0.872. The van der Waals surface area contributed by atoms with E-state index in [4.69, 9.17) is 4.74 Å². The van der Waals surface area contributed by atoms with Gasteiger partial charge in [-0.1, -0.05) is 19.3 Å². The van der Waals surface area contributed by atoms with Crippen molar-refractivity contribution in [3.05, 3.63) is 24.3 Å². The van der Waals surface area contributed by atoms with E-state index in [0.717, 1.165) is 0 Å². The zero-order valence-electron chi connectivity index (χ0n) is 12.8. The van der Waals surface area contributed by atoms with Gasteiger partial charge < -0.3 is 10.1 Å². The number of hydrogen-bond donors (Lipinski definition) is 2. The molecule has 3 amide bonds. The summed E-state index contributed by atoms with van der Waals surface area (Å²) in [7, 11) is 1.58. The first kappa shape index (κ1) is 16.7. The number of anilines is 1. The summed E-state index contributed by atoms with van der Waals surface area (Å²) in [6.07, 6.45) is 6.15. The number of urea groups is 1. The normalized spacial score (nSPS) is 15.1. The topological polar surface area (TPSA) is 67.4 Å². The lowest BCUT2D eigenvalue weighted by atomic mass is 10.0. The minimum Gasteiger partial charge on any atom is -0.497 e. The van der Waals surface area contributed by atoms with Gasteiger partial charge in [0.05, 0.1) is 12.9 Å². The maximum atomic E-state index is 11.8. The fraction of sp³-hybridized carbons (Fsp3) is 0.500. The number of carbonyl (C=O) groups excluding carboxylic acids is 2. The van der Waals surface area contributed by atoms with Crippen molar-refractivity contribution in [2.75, 3.05) is 18.2 Å². The first-order valence-electron chi connectivity index (χ1n) is 7.54. The van der Waals surface area contributed by atoms with Crippen molar-refractivity contribution >= 4 is 29.4 Å². The van der Waals surface area contributed by atoms with E-state index < -0.39 is 6.03 Å². The predicted octanol–water partition coefficient (Wildman–Crippen LogP) is 3.41. The molecule has 1 fully saturated rings. The van der Waals surface area contributed by atoms with E-state index in [0.29, 0.717) is 22.4 Å². The summed E-state index contributed by atoms with van der Waals surface area (Å²) in [6, 6.07) is 6.44. The second kappa shape index (κ2) is 8.68. The Morgan fingerprint density at radius 1 is 1.18 bits per heavy atom. The Labute approximate surface area is 135 Å². The molecule has 0 radical (unpaired) electrons. The molecule has 0 saturated heterocycles. The number of hydrogen-bond acceptors (Lipinski definition) is 4. The average Bonchev–Trinajstić information content (AvgIpc) is 2.54. The molecule has 1 aromatic carbocycles. The van der Waals surface area contributed by atoms with Crippen LogP contribution in [0.25, 0.3) is 0 Å². The summed E-state index contributed by atoms with van der Waals surface area (Å²) in [5.41, 5.74) is 0.617. The van der Waals surface area contributed by atoms with E-state index >= 15 is 0 Å². The standard InChI is InChI=1S/C16H22N2O3S/c1-21-13-9-7-12(8-10-13)17-16(20)18-15(19)11-22-14-5-3-2-4-6-14/h7-10,14H,2-6,11H2,1H3,(H2,17,18,19,20). The molecular formula is C16H22N2O3S. The average molecular weight is 322 g/mol. The molecule has 2 rings (SSSR count). The minimum absolute atomic E-state index is 0.249. The van der Waals surface area contributed by atoms with Crippen molar-refractivity contribution in [1.82, 2.24) is 5.32 Å². The number of nitrogens with one attached hydrogen (secondary N) is 2. The van der Waals surface area contributed by atoms with Crippen LogP contribution >= 0.6 is 11.8 Å². The lowest BCUT2D eigenvalue weighted by molar-refractivity contribution is -0.117. The second-order valence-electron chi connectivity index (χ2n) is 5.30. The smallest absolute Gasteiger partial charge is 0.325 e. The summed E-state index contributed by atoms with van der Waals surface area (Å²) in [4.78, 5) is 23.5. The zero-order chi connectivity index (χ0) is 15.8. The van der Waals surface area contributed by atoms with Crippen LogP contribution in [0, 0.1) is 0 Å². The second-order valence-corrected chi connectivity index (χ2v) is 6.59. The zero-order valence-corrected chi connectivity index (χ0v) is 13.6. The van der Waals surface area contributed by atoms with Gasteiger partial charge in [0, 0.05) is 10.9 Å². The van der Waals surface area contributed by atoms with Crippen LogP contribution in [0.5, 0.6) is 5.75 Å². The van der Waals surface area contributed by atoms with E-state index in [9.17, 15) is 9.59 Å². The third-order valence-corrected chi connectivity index (χ3v) is 4.97. The third-order valence-electron chi connectivity index (χ3n) is 3.60. The fourth-order valence-corrected chi connectivity index (χ4v) is 3.55. The highest BCUT2D eigenvalue weighted by Crippen LogP contribution is 2.27. The number of imide groups is 1. The van der Waals surface area contributed by atoms with Crippen LogP contribution in [0.15, 0.2) is 24.3 Å². The van der Waals surface area contributed by atoms with Crippen LogP contribution < -0.4 is 15.4 Å². The van der Waals surface area contributed by atoms with Crippen LogP contribution in [0.2, 0.25) is 0 Å². The number of carbonyl (C=O) groups is 2. The van der Waals surface area contributed by atoms with Crippen molar-refractivity contribution in [1.29, 1.82) is 0 Å². The molecule has 1 aromatic rings. The molecule has 0 spiro atoms. The molecule has 0 aromatic heterocycles. The van der Waals surface area contributed by atoms with Gasteiger partial charge in [-0.3, -0.25) is 10.1 Å². The highest BCUT2D eigenvalue weighted by Gasteiger charge is 2.16. The molecule has 120 valence electrons. The number of amides is 3. The SMILES string of the molecule is COc1ccc(NC(=O)NC(=O)CSC2CCCCC2)cc1. The van der Waals surface area contributed by atoms with Gasteiger partial charge in [-0.25, -0.2) is 4.79 Å². The Morgan fingerprint density at radius 3 is 2.50 bits per heavy atom. The van der Waals surface area contributed by atoms with Gasteiger partial charge >= 0.3 is 6.03 Å². The Morgan fingerprint density at radius 2 is 1.86 bits per heavy atom. The molecule has 5 nitrogen and oxygen atoms in total. The first-order chi connectivity index (χ1) is 10.7. The molecule has 22 heavy (non-hydrogen) atoms. The monoisotopic (exact) mass is 322 g/mol. The van der Waals surface area contributed by atoms with Gasteiger partial charge in [0.25, 0.3) is 0 Å². The van der Waals surface area contributed by atoms with E-state index in [2.05, 4.69) is 10.6 Å². The summed E-state index contributed by atoms with van der Waals surface area (Å²) in [6.45, 7) is 0. The largest absolute Gasteiger partial charge is 0.497 e. The lowest BCUT2D eigenvalue weighted by Gasteiger charge is -2.20. The predicted molar refractivity (Wildman–Crippen MR) is 89.5 cm³/mol. The minimum atomic E-state index is -0.501. The van der Waals surface area contributed by atoms with Crippen molar-refractivity contribution in [2.24, 2.45) is 0 Å². The van der Waals surface area contributed by atoms with Gasteiger partial charge in [-0.15, -0.1) is 11.8 Å². The van der Waals surface area contributed by atoms with Crippen LogP contribution in [0.3, 0.4) is 0 Å². The van der Waals surface area contributed by atoms with E-state index in [1.165, 1.54) is 32.1 Å². The number of rotatable bonds is 5. The molecule has 2 N–H and O–H groups in total.